The summed E-state index contributed by atoms with van der Waals surface area (Å²) in [6, 6.07) is 1.76. The first-order valence-electron chi connectivity index (χ1n) is 3.94. The third-order valence-electron chi connectivity index (χ3n) is 1.72. The molecule has 0 aliphatic carbocycles. The van der Waals surface area contributed by atoms with E-state index in [1.165, 1.54) is 11.3 Å². The van der Waals surface area contributed by atoms with E-state index in [-0.39, 0.29) is 10.8 Å². The minimum atomic E-state index is -1.09. The lowest BCUT2D eigenvalue weighted by Gasteiger charge is -1.92. The predicted molar refractivity (Wildman–Crippen MR) is 69.5 cm³/mol. The van der Waals surface area contributed by atoms with Gasteiger partial charge in [-0.15, -0.1) is 11.3 Å². The zero-order valence-electron chi connectivity index (χ0n) is 7.53. The number of anilines is 1. The highest BCUT2D eigenvalue weighted by Crippen LogP contribution is 2.42. The Labute approximate surface area is 112 Å². The number of hydrogen-bond donors (Lipinski definition) is 2. The number of hydrogen-bond acceptors (Lipinski definition) is 5. The number of nitrogens with two attached hydrogens (primary N) is 1. The Bertz CT molecular complexity index is 547. The zero-order chi connectivity index (χ0) is 11.9. The molecule has 0 aliphatic rings. The van der Waals surface area contributed by atoms with E-state index in [1.54, 1.807) is 6.07 Å². The van der Waals surface area contributed by atoms with E-state index in [4.69, 9.17) is 22.4 Å². The Morgan fingerprint density at radius 2 is 2.25 bits per heavy atom. The van der Waals surface area contributed by atoms with Crippen molar-refractivity contribution in [2.24, 2.45) is 0 Å². The topological polar surface area (TPSA) is 76.2 Å². The maximum absolute atomic E-state index is 10.9. The van der Waals surface area contributed by atoms with Crippen LogP contribution in [-0.4, -0.2) is 16.1 Å². The average Bonchev–Trinajstić information content (AvgIpc) is 2.71. The molecule has 4 nitrogen and oxygen atoms in total. The summed E-state index contributed by atoms with van der Waals surface area (Å²) in [4.78, 5) is 16.0. The highest BCUT2D eigenvalue weighted by molar-refractivity contribution is 9.10. The molecular formula is C8H4BrClN2O2S2. The van der Waals surface area contributed by atoms with Gasteiger partial charge in [-0.1, -0.05) is 22.9 Å². The van der Waals surface area contributed by atoms with E-state index in [2.05, 4.69) is 20.9 Å². The molecule has 3 N–H and O–H groups in total. The third kappa shape index (κ3) is 2.08. The number of thiophene rings is 1. The van der Waals surface area contributed by atoms with Crippen LogP contribution in [0.15, 0.2) is 10.5 Å². The number of carboxylic acid groups (broad SMARTS) is 1. The number of rotatable bonds is 2. The number of aromatic carboxylic acids is 1. The van der Waals surface area contributed by atoms with Crippen LogP contribution in [0.2, 0.25) is 4.34 Å². The molecule has 0 aliphatic heterocycles. The van der Waals surface area contributed by atoms with Crippen molar-refractivity contribution >= 4 is 61.3 Å². The van der Waals surface area contributed by atoms with Crippen LogP contribution in [0.25, 0.3) is 9.75 Å². The summed E-state index contributed by atoms with van der Waals surface area (Å²) >= 11 is 11.6. The van der Waals surface area contributed by atoms with E-state index in [0.717, 1.165) is 20.7 Å². The van der Waals surface area contributed by atoms with Gasteiger partial charge in [-0.2, -0.15) is 0 Å². The second kappa shape index (κ2) is 4.33. The van der Waals surface area contributed by atoms with Gasteiger partial charge in [0, 0.05) is 9.35 Å². The Morgan fingerprint density at radius 1 is 1.56 bits per heavy atom. The Morgan fingerprint density at radius 3 is 2.75 bits per heavy atom. The second-order valence-electron chi connectivity index (χ2n) is 2.77. The first-order valence-corrected chi connectivity index (χ1v) is 6.74. The third-order valence-corrected chi connectivity index (χ3v) is 5.25. The molecule has 2 aromatic heterocycles. The molecule has 0 bridgehead atoms. The Hall–Kier alpha value is -0.630. The second-order valence-corrected chi connectivity index (χ2v) is 6.31. The molecule has 0 saturated carbocycles. The molecule has 2 aromatic rings. The smallest absolute Gasteiger partial charge is 0.356 e. The van der Waals surface area contributed by atoms with E-state index < -0.39 is 5.97 Å². The maximum atomic E-state index is 10.9. The number of thiazole rings is 1. The number of carbonyl (C=O) groups is 1. The lowest BCUT2D eigenvalue weighted by Crippen LogP contribution is -1.98. The molecule has 8 heteroatoms. The van der Waals surface area contributed by atoms with Crippen molar-refractivity contribution < 1.29 is 9.90 Å². The fraction of sp³-hybridized carbons (Fsp3) is 0. The summed E-state index contributed by atoms with van der Waals surface area (Å²) in [6.07, 6.45) is 0. The van der Waals surface area contributed by atoms with Crippen LogP contribution in [-0.2, 0) is 0 Å². The van der Waals surface area contributed by atoms with E-state index in [9.17, 15) is 4.79 Å². The van der Waals surface area contributed by atoms with Gasteiger partial charge in [0.25, 0.3) is 0 Å². The molecule has 2 rings (SSSR count). The minimum Gasteiger partial charge on any atom is -0.476 e. The van der Waals surface area contributed by atoms with Crippen LogP contribution in [0.1, 0.15) is 10.5 Å². The first-order chi connectivity index (χ1) is 7.49. The van der Waals surface area contributed by atoms with Crippen LogP contribution in [0.3, 0.4) is 0 Å². The van der Waals surface area contributed by atoms with Gasteiger partial charge in [0.2, 0.25) is 0 Å². The van der Waals surface area contributed by atoms with E-state index in [0.29, 0.717) is 9.21 Å². The largest absolute Gasteiger partial charge is 0.476 e. The molecule has 2 heterocycles. The first kappa shape index (κ1) is 11.8. The standard InChI is InChI=1S/C8H4BrClN2O2S2/c9-2-1-3(15-6(2)10)5-4(7(13)14)12-8(11)16-5/h1H,(H2,11,12)(H,13,14). The molecule has 0 atom stereocenters. The van der Waals surface area contributed by atoms with Crippen molar-refractivity contribution in [2.45, 2.75) is 0 Å². The molecule has 0 radical (unpaired) electrons. The van der Waals surface area contributed by atoms with Crippen molar-refractivity contribution in [3.63, 3.8) is 0 Å². The Kier molecular flexibility index (Phi) is 3.20. The molecule has 84 valence electrons. The van der Waals surface area contributed by atoms with Gasteiger partial charge in [0.15, 0.2) is 10.8 Å². The molecule has 0 aromatic carbocycles. The quantitative estimate of drug-likeness (QED) is 0.877. The van der Waals surface area contributed by atoms with Crippen LogP contribution in [0.4, 0.5) is 5.13 Å². The van der Waals surface area contributed by atoms with Crippen LogP contribution in [0.5, 0.6) is 0 Å². The van der Waals surface area contributed by atoms with E-state index in [1.807, 2.05) is 0 Å². The van der Waals surface area contributed by atoms with Gasteiger partial charge in [-0.25, -0.2) is 9.78 Å². The Balaban J connectivity index is 2.59. The SMILES string of the molecule is Nc1nc(C(=O)O)c(-c2cc(Br)c(Cl)s2)s1. The highest BCUT2D eigenvalue weighted by Gasteiger charge is 2.20. The summed E-state index contributed by atoms with van der Waals surface area (Å²) in [5.74, 6) is -1.09. The molecule has 0 saturated heterocycles. The summed E-state index contributed by atoms with van der Waals surface area (Å²) in [7, 11) is 0. The van der Waals surface area contributed by atoms with Crippen molar-refractivity contribution in [2.75, 3.05) is 5.73 Å². The summed E-state index contributed by atoms with van der Waals surface area (Å²) in [5, 5.41) is 9.19. The summed E-state index contributed by atoms with van der Waals surface area (Å²) < 4.78 is 1.30. The van der Waals surface area contributed by atoms with Gasteiger partial charge in [0.05, 0.1) is 4.88 Å². The van der Waals surface area contributed by atoms with Gasteiger partial charge >= 0.3 is 5.97 Å². The number of carboxylic acids is 1. The minimum absolute atomic E-state index is 0.0343. The monoisotopic (exact) mass is 338 g/mol. The predicted octanol–water partition coefficient (Wildman–Crippen LogP) is 3.57. The van der Waals surface area contributed by atoms with Crippen molar-refractivity contribution in [3.8, 4) is 9.75 Å². The molecule has 16 heavy (non-hydrogen) atoms. The molecule has 0 spiro atoms. The molecule has 0 amide bonds. The van der Waals surface area contributed by atoms with Crippen LogP contribution < -0.4 is 5.73 Å². The molecule has 0 fully saturated rings. The fourth-order valence-electron chi connectivity index (χ4n) is 1.11. The normalized spacial score (nSPS) is 10.6. The summed E-state index contributed by atoms with van der Waals surface area (Å²) in [5.41, 5.74) is 5.47. The summed E-state index contributed by atoms with van der Waals surface area (Å²) in [6.45, 7) is 0. The van der Waals surface area contributed by atoms with Gasteiger partial charge in [0.1, 0.15) is 4.34 Å². The number of nitrogen functional groups attached to an aromatic ring is 1. The number of aromatic nitrogens is 1. The number of nitrogens with zero attached hydrogens (tertiary/aromatic N) is 1. The van der Waals surface area contributed by atoms with Crippen molar-refractivity contribution in [1.29, 1.82) is 0 Å². The fourth-order valence-corrected chi connectivity index (χ4v) is 3.74. The lowest BCUT2D eigenvalue weighted by molar-refractivity contribution is 0.0692. The maximum Gasteiger partial charge on any atom is 0.356 e. The molecule has 0 unspecified atom stereocenters. The van der Waals surface area contributed by atoms with Crippen molar-refractivity contribution in [1.82, 2.24) is 4.98 Å². The average molecular weight is 340 g/mol. The zero-order valence-corrected chi connectivity index (χ0v) is 11.5. The van der Waals surface area contributed by atoms with Gasteiger partial charge < -0.3 is 10.8 Å². The van der Waals surface area contributed by atoms with Gasteiger partial charge in [-0.3, -0.25) is 0 Å². The molecular weight excluding hydrogens is 336 g/mol. The van der Waals surface area contributed by atoms with Crippen LogP contribution in [0, 0.1) is 0 Å². The van der Waals surface area contributed by atoms with Gasteiger partial charge in [-0.05, 0) is 22.0 Å². The van der Waals surface area contributed by atoms with Crippen molar-refractivity contribution in [3.05, 3.63) is 20.6 Å². The van der Waals surface area contributed by atoms with E-state index >= 15 is 0 Å². The van der Waals surface area contributed by atoms with Crippen LogP contribution >= 0.6 is 50.2 Å². The number of halogens is 2. The lowest BCUT2D eigenvalue weighted by atomic mass is 10.3. The highest BCUT2D eigenvalue weighted by atomic mass is 79.9.